The Balaban J connectivity index is 2.27. The standard InChI is InChI=1S/C10H16N2O/c1-12(7-8-13)9-11-10-5-3-2-4-6-10/h2-6,11,13H,7-9H2,1H3. The van der Waals surface area contributed by atoms with Crippen LogP contribution in [0.3, 0.4) is 0 Å². The molecule has 0 aliphatic carbocycles. The lowest BCUT2D eigenvalue weighted by molar-refractivity contribution is 0.229. The number of aliphatic hydroxyl groups is 1. The van der Waals surface area contributed by atoms with E-state index in [2.05, 4.69) is 5.32 Å². The van der Waals surface area contributed by atoms with E-state index >= 15 is 0 Å². The van der Waals surface area contributed by atoms with Crippen LogP contribution in [0.2, 0.25) is 0 Å². The van der Waals surface area contributed by atoms with Gasteiger partial charge in [0, 0.05) is 12.2 Å². The molecular formula is C10H16N2O. The van der Waals surface area contributed by atoms with E-state index in [1.165, 1.54) is 0 Å². The van der Waals surface area contributed by atoms with Crippen molar-refractivity contribution in [3.05, 3.63) is 30.3 Å². The Morgan fingerprint density at radius 3 is 2.62 bits per heavy atom. The number of para-hydroxylation sites is 1. The molecule has 0 saturated heterocycles. The van der Waals surface area contributed by atoms with Crippen LogP contribution in [0, 0.1) is 0 Å². The van der Waals surface area contributed by atoms with Crippen molar-refractivity contribution in [1.82, 2.24) is 4.90 Å². The summed E-state index contributed by atoms with van der Waals surface area (Å²) in [6.45, 7) is 1.65. The highest BCUT2D eigenvalue weighted by Crippen LogP contribution is 2.03. The van der Waals surface area contributed by atoms with E-state index in [-0.39, 0.29) is 6.61 Å². The fraction of sp³-hybridized carbons (Fsp3) is 0.400. The number of anilines is 1. The molecule has 0 amide bonds. The van der Waals surface area contributed by atoms with Crippen molar-refractivity contribution in [1.29, 1.82) is 0 Å². The lowest BCUT2D eigenvalue weighted by Crippen LogP contribution is -2.27. The molecule has 0 unspecified atom stereocenters. The summed E-state index contributed by atoms with van der Waals surface area (Å²) in [6, 6.07) is 10.0. The number of hydrogen-bond donors (Lipinski definition) is 2. The fourth-order valence-electron chi connectivity index (χ4n) is 1.03. The first-order valence-electron chi connectivity index (χ1n) is 4.41. The molecule has 13 heavy (non-hydrogen) atoms. The molecule has 0 aliphatic heterocycles. The molecule has 0 bridgehead atoms. The minimum absolute atomic E-state index is 0.201. The number of hydrogen-bond acceptors (Lipinski definition) is 3. The van der Waals surface area contributed by atoms with Crippen molar-refractivity contribution in [3.8, 4) is 0 Å². The van der Waals surface area contributed by atoms with Crippen LogP contribution < -0.4 is 5.32 Å². The molecule has 0 spiro atoms. The van der Waals surface area contributed by atoms with Crippen LogP contribution in [0.25, 0.3) is 0 Å². The summed E-state index contributed by atoms with van der Waals surface area (Å²) < 4.78 is 0. The van der Waals surface area contributed by atoms with Gasteiger partial charge in [-0.1, -0.05) is 18.2 Å². The minimum Gasteiger partial charge on any atom is -0.395 e. The van der Waals surface area contributed by atoms with Gasteiger partial charge < -0.3 is 10.4 Å². The van der Waals surface area contributed by atoms with Crippen molar-refractivity contribution in [2.24, 2.45) is 0 Å². The summed E-state index contributed by atoms with van der Waals surface area (Å²) in [6.07, 6.45) is 0. The Kier molecular flexibility index (Phi) is 4.29. The average Bonchev–Trinajstić information content (AvgIpc) is 2.17. The first kappa shape index (κ1) is 10.0. The number of benzene rings is 1. The van der Waals surface area contributed by atoms with E-state index in [9.17, 15) is 0 Å². The summed E-state index contributed by atoms with van der Waals surface area (Å²) in [4.78, 5) is 2.02. The number of aliphatic hydroxyl groups excluding tert-OH is 1. The molecule has 3 nitrogen and oxygen atoms in total. The molecule has 0 atom stereocenters. The molecule has 2 N–H and O–H groups in total. The maximum Gasteiger partial charge on any atom is 0.0676 e. The van der Waals surface area contributed by atoms with Gasteiger partial charge in [0.1, 0.15) is 0 Å². The number of rotatable bonds is 5. The van der Waals surface area contributed by atoms with E-state index in [0.29, 0.717) is 6.54 Å². The largest absolute Gasteiger partial charge is 0.395 e. The van der Waals surface area contributed by atoms with E-state index in [1.54, 1.807) is 0 Å². The molecule has 0 aliphatic rings. The summed E-state index contributed by atoms with van der Waals surface area (Å²) in [7, 11) is 1.96. The van der Waals surface area contributed by atoms with Crippen molar-refractivity contribution < 1.29 is 5.11 Å². The zero-order valence-electron chi connectivity index (χ0n) is 7.90. The Hall–Kier alpha value is -1.06. The second kappa shape index (κ2) is 5.56. The zero-order chi connectivity index (χ0) is 9.52. The second-order valence-corrected chi connectivity index (χ2v) is 3.00. The predicted molar refractivity (Wildman–Crippen MR) is 54.6 cm³/mol. The van der Waals surface area contributed by atoms with E-state index in [1.807, 2.05) is 42.3 Å². The quantitative estimate of drug-likeness (QED) is 0.663. The third-order valence-corrected chi connectivity index (χ3v) is 1.81. The molecule has 3 heteroatoms. The first-order chi connectivity index (χ1) is 6.33. The van der Waals surface area contributed by atoms with Crippen LogP contribution in [0.15, 0.2) is 30.3 Å². The number of nitrogens with zero attached hydrogens (tertiary/aromatic N) is 1. The van der Waals surface area contributed by atoms with Crippen LogP contribution >= 0.6 is 0 Å². The molecule has 72 valence electrons. The normalized spacial score (nSPS) is 10.4. The Labute approximate surface area is 79.0 Å². The topological polar surface area (TPSA) is 35.5 Å². The van der Waals surface area contributed by atoms with Gasteiger partial charge in [-0.3, -0.25) is 4.90 Å². The van der Waals surface area contributed by atoms with Gasteiger partial charge in [-0.15, -0.1) is 0 Å². The van der Waals surface area contributed by atoms with Gasteiger partial charge in [-0.25, -0.2) is 0 Å². The Bertz CT molecular complexity index is 226. The summed E-state index contributed by atoms with van der Waals surface area (Å²) in [5, 5.41) is 11.9. The molecule has 0 fully saturated rings. The highest BCUT2D eigenvalue weighted by Gasteiger charge is 1.95. The van der Waals surface area contributed by atoms with Crippen LogP contribution in [0.4, 0.5) is 5.69 Å². The van der Waals surface area contributed by atoms with Gasteiger partial charge in [-0.2, -0.15) is 0 Å². The van der Waals surface area contributed by atoms with Crippen molar-refractivity contribution in [3.63, 3.8) is 0 Å². The molecule has 0 heterocycles. The average molecular weight is 180 g/mol. The number of nitrogens with one attached hydrogen (secondary N) is 1. The predicted octanol–water partition coefficient (Wildman–Crippen LogP) is 0.980. The molecule has 1 rings (SSSR count). The smallest absolute Gasteiger partial charge is 0.0676 e. The SMILES string of the molecule is CN(CCO)CNc1ccccc1. The van der Waals surface area contributed by atoms with Gasteiger partial charge >= 0.3 is 0 Å². The maximum atomic E-state index is 8.66. The van der Waals surface area contributed by atoms with E-state index < -0.39 is 0 Å². The molecular weight excluding hydrogens is 164 g/mol. The molecule has 0 aromatic heterocycles. The monoisotopic (exact) mass is 180 g/mol. The van der Waals surface area contributed by atoms with E-state index in [4.69, 9.17) is 5.11 Å². The van der Waals surface area contributed by atoms with Gasteiger partial charge in [0.25, 0.3) is 0 Å². The van der Waals surface area contributed by atoms with Crippen LogP contribution in [0.1, 0.15) is 0 Å². The van der Waals surface area contributed by atoms with Crippen LogP contribution in [-0.2, 0) is 0 Å². The van der Waals surface area contributed by atoms with Gasteiger partial charge in [0.2, 0.25) is 0 Å². The molecule has 1 aromatic carbocycles. The van der Waals surface area contributed by atoms with Crippen molar-refractivity contribution in [2.75, 3.05) is 32.2 Å². The van der Waals surface area contributed by atoms with Gasteiger partial charge in [0.15, 0.2) is 0 Å². The van der Waals surface area contributed by atoms with Gasteiger partial charge in [-0.05, 0) is 19.2 Å². The van der Waals surface area contributed by atoms with Crippen LogP contribution in [-0.4, -0.2) is 36.9 Å². The number of likely N-dealkylation sites (N-methyl/N-ethyl adjacent to an activating group) is 1. The molecule has 1 aromatic rings. The summed E-state index contributed by atoms with van der Waals surface area (Å²) >= 11 is 0. The molecule has 0 radical (unpaired) electrons. The summed E-state index contributed by atoms with van der Waals surface area (Å²) in [5.74, 6) is 0. The highest BCUT2D eigenvalue weighted by atomic mass is 16.3. The van der Waals surface area contributed by atoms with Crippen LogP contribution in [0.5, 0.6) is 0 Å². The zero-order valence-corrected chi connectivity index (χ0v) is 7.90. The highest BCUT2D eigenvalue weighted by molar-refractivity contribution is 5.42. The molecule has 0 saturated carbocycles. The van der Waals surface area contributed by atoms with E-state index in [0.717, 1.165) is 12.4 Å². The Morgan fingerprint density at radius 1 is 1.31 bits per heavy atom. The van der Waals surface area contributed by atoms with Crippen molar-refractivity contribution in [2.45, 2.75) is 0 Å². The minimum atomic E-state index is 0.201. The Morgan fingerprint density at radius 2 is 2.00 bits per heavy atom. The van der Waals surface area contributed by atoms with Crippen molar-refractivity contribution >= 4 is 5.69 Å². The lowest BCUT2D eigenvalue weighted by Gasteiger charge is -2.16. The summed E-state index contributed by atoms with van der Waals surface area (Å²) in [5.41, 5.74) is 1.10. The second-order valence-electron chi connectivity index (χ2n) is 3.00. The maximum absolute atomic E-state index is 8.66. The first-order valence-corrected chi connectivity index (χ1v) is 4.41. The lowest BCUT2D eigenvalue weighted by atomic mass is 10.3. The third kappa shape index (κ3) is 3.92. The fourth-order valence-corrected chi connectivity index (χ4v) is 1.03. The van der Waals surface area contributed by atoms with Gasteiger partial charge in [0.05, 0.1) is 13.3 Å². The third-order valence-electron chi connectivity index (χ3n) is 1.81.